The number of morpholine rings is 1. The van der Waals surface area contributed by atoms with Gasteiger partial charge < -0.3 is 4.74 Å². The molecule has 0 saturated carbocycles. The zero-order valence-corrected chi connectivity index (χ0v) is 13.2. The largest absolute Gasteiger partial charge is 0.368 e. The number of benzene rings is 1. The van der Waals surface area contributed by atoms with Gasteiger partial charge in [-0.3, -0.25) is 9.69 Å². The van der Waals surface area contributed by atoms with E-state index in [1.165, 1.54) is 12.1 Å². The summed E-state index contributed by atoms with van der Waals surface area (Å²) in [5, 5.41) is 0. The summed E-state index contributed by atoms with van der Waals surface area (Å²) in [6.07, 6.45) is 0.885. The van der Waals surface area contributed by atoms with Crippen LogP contribution >= 0.6 is 15.9 Å². The molecule has 0 aromatic heterocycles. The van der Waals surface area contributed by atoms with Gasteiger partial charge in [-0.15, -0.1) is 0 Å². The van der Waals surface area contributed by atoms with Crippen molar-refractivity contribution in [3.05, 3.63) is 34.1 Å². The predicted octanol–water partition coefficient (Wildman–Crippen LogP) is 2.81. The summed E-state index contributed by atoms with van der Waals surface area (Å²) in [5.74, 6) is -0.317. The Kier molecular flexibility index (Phi) is 5.69. The van der Waals surface area contributed by atoms with Crippen molar-refractivity contribution in [3.8, 4) is 0 Å². The van der Waals surface area contributed by atoms with Crippen LogP contribution < -0.4 is 0 Å². The number of hydrogen-bond donors (Lipinski definition) is 0. The topological polar surface area (TPSA) is 29.5 Å². The average Bonchev–Trinajstić information content (AvgIpc) is 2.38. The van der Waals surface area contributed by atoms with Gasteiger partial charge in [0.05, 0.1) is 6.61 Å². The molecule has 0 spiro atoms. The van der Waals surface area contributed by atoms with E-state index in [0.717, 1.165) is 19.5 Å². The van der Waals surface area contributed by atoms with E-state index in [2.05, 4.69) is 27.8 Å². The summed E-state index contributed by atoms with van der Waals surface area (Å²) in [6, 6.07) is 4.55. The van der Waals surface area contributed by atoms with E-state index in [1.807, 2.05) is 0 Å². The molecule has 110 valence electrons. The molecule has 0 radical (unpaired) electrons. The van der Waals surface area contributed by atoms with Crippen molar-refractivity contribution in [3.63, 3.8) is 0 Å². The maximum atomic E-state index is 13.3. The number of carbonyl (C=O) groups excluding carboxylic acids is 1. The third-order valence-electron chi connectivity index (χ3n) is 3.35. The first-order chi connectivity index (χ1) is 9.58. The second-order valence-electron chi connectivity index (χ2n) is 5.08. The zero-order chi connectivity index (χ0) is 14.5. The Labute approximate surface area is 127 Å². The Morgan fingerprint density at radius 2 is 2.30 bits per heavy atom. The molecule has 0 N–H and O–H groups in total. The van der Waals surface area contributed by atoms with Crippen molar-refractivity contribution in [2.75, 3.05) is 26.2 Å². The third kappa shape index (κ3) is 4.36. The highest BCUT2D eigenvalue weighted by molar-refractivity contribution is 9.10. The second-order valence-corrected chi connectivity index (χ2v) is 6.00. The third-order valence-corrected chi connectivity index (χ3v) is 3.81. The second kappa shape index (κ2) is 7.29. The number of carbonyl (C=O) groups is 1. The fraction of sp³-hybridized carbons (Fsp3) is 0.533. The molecule has 0 amide bonds. The first-order valence-corrected chi connectivity index (χ1v) is 7.69. The van der Waals surface area contributed by atoms with E-state index in [0.29, 0.717) is 23.2 Å². The number of Topliss-reactive ketones (excluding diaryl/α,β-unsaturated/α-hetero) is 1. The van der Waals surface area contributed by atoms with E-state index in [-0.39, 0.29) is 18.0 Å². The van der Waals surface area contributed by atoms with Crippen molar-refractivity contribution < 1.29 is 13.9 Å². The van der Waals surface area contributed by atoms with Gasteiger partial charge in [0, 0.05) is 24.0 Å². The normalized spacial score (nSPS) is 20.1. The van der Waals surface area contributed by atoms with Crippen LogP contribution in [0.1, 0.15) is 18.9 Å². The van der Waals surface area contributed by atoms with Gasteiger partial charge in [0.2, 0.25) is 0 Å². The van der Waals surface area contributed by atoms with E-state index < -0.39 is 6.10 Å². The predicted molar refractivity (Wildman–Crippen MR) is 79.3 cm³/mol. The molecule has 1 aromatic carbocycles. The summed E-state index contributed by atoms with van der Waals surface area (Å²) in [5.41, 5.74) is 0.679. The van der Waals surface area contributed by atoms with Crippen molar-refractivity contribution in [1.29, 1.82) is 0 Å². The van der Waals surface area contributed by atoms with E-state index >= 15 is 0 Å². The highest BCUT2D eigenvalue weighted by Gasteiger charge is 2.26. The van der Waals surface area contributed by atoms with Crippen LogP contribution in [0.15, 0.2) is 22.7 Å². The van der Waals surface area contributed by atoms with Crippen LogP contribution in [0.3, 0.4) is 0 Å². The lowest BCUT2D eigenvalue weighted by molar-refractivity contribution is -0.135. The molecule has 1 heterocycles. The molecule has 0 bridgehead atoms. The molecule has 2 rings (SSSR count). The van der Waals surface area contributed by atoms with Crippen LogP contribution in [-0.2, 0) is 16.0 Å². The minimum Gasteiger partial charge on any atom is -0.368 e. The van der Waals surface area contributed by atoms with Crippen molar-refractivity contribution in [2.45, 2.75) is 25.9 Å². The Balaban J connectivity index is 1.97. The summed E-state index contributed by atoms with van der Waals surface area (Å²) in [7, 11) is 0. The Morgan fingerprint density at radius 1 is 1.50 bits per heavy atom. The molecule has 5 heteroatoms. The summed E-state index contributed by atoms with van der Waals surface area (Å²) in [6.45, 7) is 5.21. The summed E-state index contributed by atoms with van der Waals surface area (Å²) in [4.78, 5) is 14.5. The van der Waals surface area contributed by atoms with Gasteiger partial charge in [-0.1, -0.05) is 22.9 Å². The first kappa shape index (κ1) is 15.6. The van der Waals surface area contributed by atoms with Crippen molar-refractivity contribution in [2.24, 2.45) is 0 Å². The molecule has 1 fully saturated rings. The van der Waals surface area contributed by atoms with Crippen LogP contribution in [0, 0.1) is 5.82 Å². The molecule has 1 saturated heterocycles. The standard InChI is InChI=1S/C15H19BrFNO2/c1-2-3-18-4-5-20-15(10-18)14(19)8-11-6-12(16)9-13(17)7-11/h6-7,9,15H,2-5,8,10H2,1H3. The number of ether oxygens (including phenoxy) is 1. The molecular formula is C15H19BrFNO2. The molecule has 1 aliphatic rings. The minimum atomic E-state index is -0.391. The van der Waals surface area contributed by atoms with Crippen molar-refractivity contribution in [1.82, 2.24) is 4.90 Å². The van der Waals surface area contributed by atoms with Crippen LogP contribution in [0.25, 0.3) is 0 Å². The molecule has 1 atom stereocenters. The maximum Gasteiger partial charge on any atom is 0.167 e. The fourth-order valence-electron chi connectivity index (χ4n) is 2.44. The van der Waals surface area contributed by atoms with Gasteiger partial charge in [0.15, 0.2) is 5.78 Å². The summed E-state index contributed by atoms with van der Waals surface area (Å²) < 4.78 is 19.5. The summed E-state index contributed by atoms with van der Waals surface area (Å²) >= 11 is 3.24. The molecule has 20 heavy (non-hydrogen) atoms. The Hall–Kier alpha value is -0.780. The lowest BCUT2D eigenvalue weighted by Crippen LogP contribution is -2.46. The average molecular weight is 344 g/mol. The van der Waals surface area contributed by atoms with E-state index in [4.69, 9.17) is 4.74 Å². The van der Waals surface area contributed by atoms with E-state index in [1.54, 1.807) is 6.07 Å². The molecule has 1 unspecified atom stereocenters. The van der Waals surface area contributed by atoms with Crippen LogP contribution in [0.2, 0.25) is 0 Å². The van der Waals surface area contributed by atoms with Crippen molar-refractivity contribution >= 4 is 21.7 Å². The van der Waals surface area contributed by atoms with E-state index in [9.17, 15) is 9.18 Å². The molecule has 1 aromatic rings. The SMILES string of the molecule is CCCN1CCOC(C(=O)Cc2cc(F)cc(Br)c2)C1. The highest BCUT2D eigenvalue weighted by atomic mass is 79.9. The van der Waals surface area contributed by atoms with Gasteiger partial charge in [-0.05, 0) is 36.7 Å². The Bertz CT molecular complexity index is 459. The van der Waals surface area contributed by atoms with Gasteiger partial charge >= 0.3 is 0 Å². The van der Waals surface area contributed by atoms with Gasteiger partial charge in [0.1, 0.15) is 11.9 Å². The highest BCUT2D eigenvalue weighted by Crippen LogP contribution is 2.17. The van der Waals surface area contributed by atoms with Crippen LogP contribution in [0.5, 0.6) is 0 Å². The number of hydrogen-bond acceptors (Lipinski definition) is 3. The lowest BCUT2D eigenvalue weighted by atomic mass is 10.0. The van der Waals surface area contributed by atoms with Crippen LogP contribution in [0.4, 0.5) is 4.39 Å². The molecule has 3 nitrogen and oxygen atoms in total. The minimum absolute atomic E-state index is 0.0169. The fourth-order valence-corrected chi connectivity index (χ4v) is 2.96. The van der Waals surface area contributed by atoms with Gasteiger partial charge in [-0.25, -0.2) is 4.39 Å². The van der Waals surface area contributed by atoms with Gasteiger partial charge in [-0.2, -0.15) is 0 Å². The first-order valence-electron chi connectivity index (χ1n) is 6.90. The number of ketones is 1. The zero-order valence-electron chi connectivity index (χ0n) is 11.6. The number of rotatable bonds is 5. The number of nitrogens with zero attached hydrogens (tertiary/aromatic N) is 1. The smallest absolute Gasteiger partial charge is 0.167 e. The molecular weight excluding hydrogens is 325 g/mol. The maximum absolute atomic E-state index is 13.3. The molecule has 0 aliphatic carbocycles. The van der Waals surface area contributed by atoms with Gasteiger partial charge in [0.25, 0.3) is 0 Å². The monoisotopic (exact) mass is 343 g/mol. The van der Waals surface area contributed by atoms with Crippen LogP contribution in [-0.4, -0.2) is 43.0 Å². The lowest BCUT2D eigenvalue weighted by Gasteiger charge is -2.31. The molecule has 1 aliphatic heterocycles. The Morgan fingerprint density at radius 3 is 3.00 bits per heavy atom. The number of halogens is 2. The quantitative estimate of drug-likeness (QED) is 0.823.